The highest BCUT2D eigenvalue weighted by Gasteiger charge is 2.70. The van der Waals surface area contributed by atoms with Crippen molar-refractivity contribution in [1.29, 1.82) is 5.26 Å². The lowest BCUT2D eigenvalue weighted by Gasteiger charge is -2.38. The average molecular weight is 530 g/mol. The summed E-state index contributed by atoms with van der Waals surface area (Å²) in [6, 6.07) is 0.610. The number of nitriles is 1. The van der Waals surface area contributed by atoms with E-state index in [1.165, 1.54) is 0 Å². The highest BCUT2D eigenvalue weighted by Crippen LogP contribution is 2.65. The molecule has 0 aromatic heterocycles. The van der Waals surface area contributed by atoms with Gasteiger partial charge in [0, 0.05) is 19.0 Å². The van der Waals surface area contributed by atoms with Gasteiger partial charge in [0.15, 0.2) is 0 Å². The number of alkyl carbamates (subject to hydrolysis) is 1. The number of rotatable bonds is 1. The number of fused-ring (bicyclic) bond motifs is 4. The molecular formula is C28H43N5O5. The lowest BCUT2D eigenvalue weighted by molar-refractivity contribution is -0.145. The minimum atomic E-state index is -1.25. The van der Waals surface area contributed by atoms with Crippen molar-refractivity contribution in [1.82, 2.24) is 20.9 Å². The fourth-order valence-corrected chi connectivity index (χ4v) is 6.90. The van der Waals surface area contributed by atoms with Gasteiger partial charge in [0.2, 0.25) is 17.7 Å². The van der Waals surface area contributed by atoms with Gasteiger partial charge in [-0.15, -0.1) is 0 Å². The summed E-state index contributed by atoms with van der Waals surface area (Å²) in [6.45, 7) is 12.2. The average Bonchev–Trinajstić information content (AvgIpc) is 3.11. The molecule has 7 atom stereocenters. The molecule has 0 radical (unpaired) electrons. The van der Waals surface area contributed by atoms with Crippen molar-refractivity contribution in [2.45, 2.75) is 103 Å². The highest BCUT2D eigenvalue weighted by molar-refractivity contribution is 5.95. The summed E-state index contributed by atoms with van der Waals surface area (Å²) in [5.41, 5.74) is -2.07. The first-order chi connectivity index (χ1) is 17.7. The van der Waals surface area contributed by atoms with Gasteiger partial charge in [0.25, 0.3) is 0 Å². The Morgan fingerprint density at radius 3 is 2.50 bits per heavy atom. The molecule has 4 rings (SSSR count). The largest absolute Gasteiger partial charge is 0.444 e. The maximum Gasteiger partial charge on any atom is 0.408 e. The van der Waals surface area contributed by atoms with Crippen molar-refractivity contribution >= 4 is 23.8 Å². The third-order valence-electron chi connectivity index (χ3n) is 9.14. The molecule has 4 aliphatic rings. The van der Waals surface area contributed by atoms with Crippen LogP contribution in [0, 0.1) is 40.4 Å². The van der Waals surface area contributed by atoms with Gasteiger partial charge in [-0.2, -0.15) is 5.26 Å². The van der Waals surface area contributed by atoms with Gasteiger partial charge in [0.05, 0.1) is 6.07 Å². The van der Waals surface area contributed by atoms with Crippen LogP contribution in [0.2, 0.25) is 0 Å². The maximum absolute atomic E-state index is 14.1. The standard InChI is InChI=1S/C28H43N5O5/c1-26(2,3)38-25(37)32-28(6)11-9-7-8-10-16-14-30-22(34)18(16)12-17(13-29)31-23(35)21-20-19(27(20,4)5)15-33(21)24(28)36/h16-21H,7-12,14-15H2,1-6H3,(H,30,34)(H,31,35)(H,32,37)/t16-,17-,18-,19-,20-,21-,28-/m0/s1. The summed E-state index contributed by atoms with van der Waals surface area (Å²) < 4.78 is 5.49. The predicted octanol–water partition coefficient (Wildman–Crippen LogP) is 2.48. The van der Waals surface area contributed by atoms with E-state index in [4.69, 9.17) is 4.74 Å². The van der Waals surface area contributed by atoms with Gasteiger partial charge >= 0.3 is 6.09 Å². The van der Waals surface area contributed by atoms with Crippen LogP contribution in [0.25, 0.3) is 0 Å². The number of hydrogen-bond acceptors (Lipinski definition) is 6. The smallest absolute Gasteiger partial charge is 0.408 e. The molecule has 0 unspecified atom stereocenters. The molecule has 3 N–H and O–H groups in total. The van der Waals surface area contributed by atoms with Gasteiger partial charge < -0.3 is 25.6 Å². The number of carbonyl (C=O) groups is 4. The first-order valence-electron chi connectivity index (χ1n) is 14.0. The summed E-state index contributed by atoms with van der Waals surface area (Å²) in [6.07, 6.45) is 3.19. The predicted molar refractivity (Wildman–Crippen MR) is 139 cm³/mol. The van der Waals surface area contributed by atoms with Crippen molar-refractivity contribution in [2.24, 2.45) is 29.1 Å². The van der Waals surface area contributed by atoms with E-state index in [0.717, 1.165) is 19.3 Å². The van der Waals surface area contributed by atoms with Crippen molar-refractivity contribution in [2.75, 3.05) is 13.1 Å². The van der Waals surface area contributed by atoms with Gasteiger partial charge in [-0.05, 0) is 70.1 Å². The Morgan fingerprint density at radius 1 is 1.13 bits per heavy atom. The van der Waals surface area contributed by atoms with Crippen molar-refractivity contribution in [3.63, 3.8) is 0 Å². The van der Waals surface area contributed by atoms with E-state index in [1.54, 1.807) is 32.6 Å². The quantitative estimate of drug-likeness (QED) is 0.477. The van der Waals surface area contributed by atoms with E-state index in [0.29, 0.717) is 25.9 Å². The normalized spacial score (nSPS) is 37.3. The third-order valence-corrected chi connectivity index (χ3v) is 9.14. The number of hydrogen-bond donors (Lipinski definition) is 3. The molecule has 0 bridgehead atoms. The minimum Gasteiger partial charge on any atom is -0.444 e. The Labute approximate surface area is 225 Å². The number of ether oxygens (including phenoxy) is 1. The number of nitrogens with zero attached hydrogens (tertiary/aromatic N) is 2. The first-order valence-corrected chi connectivity index (χ1v) is 14.0. The van der Waals surface area contributed by atoms with Crippen molar-refractivity contribution < 1.29 is 23.9 Å². The molecule has 4 fully saturated rings. The summed E-state index contributed by atoms with van der Waals surface area (Å²) in [7, 11) is 0. The molecule has 3 saturated heterocycles. The monoisotopic (exact) mass is 529 g/mol. The van der Waals surface area contributed by atoms with Crippen LogP contribution < -0.4 is 16.0 Å². The van der Waals surface area contributed by atoms with Crippen LogP contribution in [0.5, 0.6) is 0 Å². The Hall–Kier alpha value is -2.83. The van der Waals surface area contributed by atoms with E-state index in [1.807, 2.05) is 0 Å². The fourth-order valence-electron chi connectivity index (χ4n) is 6.90. The molecule has 1 saturated carbocycles. The van der Waals surface area contributed by atoms with Gasteiger partial charge in [0.1, 0.15) is 23.2 Å². The Morgan fingerprint density at radius 2 is 1.84 bits per heavy atom. The van der Waals surface area contributed by atoms with Crippen LogP contribution in [0.1, 0.15) is 80.1 Å². The molecule has 1 aliphatic carbocycles. The van der Waals surface area contributed by atoms with Gasteiger partial charge in [-0.1, -0.05) is 33.1 Å². The molecule has 4 amide bonds. The second kappa shape index (κ2) is 10.0. The molecule has 10 nitrogen and oxygen atoms in total. The molecular weight excluding hydrogens is 486 g/mol. The zero-order valence-electron chi connectivity index (χ0n) is 23.6. The van der Waals surface area contributed by atoms with Gasteiger partial charge in [-0.3, -0.25) is 14.4 Å². The summed E-state index contributed by atoms with van der Waals surface area (Å²) >= 11 is 0. The van der Waals surface area contributed by atoms with E-state index in [2.05, 4.69) is 35.9 Å². The third kappa shape index (κ3) is 5.48. The zero-order chi connectivity index (χ0) is 28.0. The summed E-state index contributed by atoms with van der Waals surface area (Å²) in [4.78, 5) is 54.8. The number of nitrogens with one attached hydrogen (secondary N) is 3. The lowest BCUT2D eigenvalue weighted by atomic mass is 9.85. The molecule has 210 valence electrons. The second-order valence-corrected chi connectivity index (χ2v) is 13.5. The second-order valence-electron chi connectivity index (χ2n) is 13.5. The van der Waals surface area contributed by atoms with Crippen LogP contribution in [-0.4, -0.2) is 65.0 Å². The number of carbonyl (C=O) groups excluding carboxylic acids is 4. The molecule has 0 aromatic rings. The van der Waals surface area contributed by atoms with Crippen LogP contribution in [0.4, 0.5) is 4.79 Å². The maximum atomic E-state index is 14.1. The number of amides is 4. The lowest BCUT2D eigenvalue weighted by Crippen LogP contribution is -2.62. The first kappa shape index (κ1) is 28.2. The zero-order valence-corrected chi connectivity index (χ0v) is 23.6. The van der Waals surface area contributed by atoms with E-state index >= 15 is 0 Å². The van der Waals surface area contributed by atoms with Crippen LogP contribution in [-0.2, 0) is 19.1 Å². The van der Waals surface area contributed by atoms with Crippen LogP contribution >= 0.6 is 0 Å². The molecule has 10 heteroatoms. The van der Waals surface area contributed by atoms with Crippen molar-refractivity contribution in [3.8, 4) is 6.07 Å². The molecule has 3 aliphatic heterocycles. The highest BCUT2D eigenvalue weighted by atomic mass is 16.6. The van der Waals surface area contributed by atoms with Crippen LogP contribution in [0.15, 0.2) is 0 Å². The SMILES string of the molecule is CC(C)(C)OC(=O)N[C@@]1(C)CCCCC[C@H]2CNC(=O)[C@H]2C[C@@H](C#N)NC(=O)[C@@H]2[C@@H]3[C@H](CN2C1=O)C3(C)C. The fraction of sp³-hybridized carbons (Fsp3) is 0.821. The Balaban J connectivity index is 1.64. The summed E-state index contributed by atoms with van der Waals surface area (Å²) in [5, 5.41) is 18.5. The molecule has 0 spiro atoms. The Bertz CT molecular complexity index is 1030. The summed E-state index contributed by atoms with van der Waals surface area (Å²) in [5.74, 6) is -0.826. The molecule has 38 heavy (non-hydrogen) atoms. The minimum absolute atomic E-state index is 0.0326. The van der Waals surface area contributed by atoms with E-state index < -0.39 is 29.3 Å². The van der Waals surface area contributed by atoms with Gasteiger partial charge in [-0.25, -0.2) is 4.79 Å². The van der Waals surface area contributed by atoms with Crippen LogP contribution in [0.3, 0.4) is 0 Å². The Kier molecular flexibility index (Phi) is 7.45. The molecule has 3 heterocycles. The number of piperidine rings is 1. The van der Waals surface area contributed by atoms with E-state index in [-0.39, 0.29) is 53.2 Å². The molecule has 0 aromatic carbocycles. The van der Waals surface area contributed by atoms with Crippen molar-refractivity contribution in [3.05, 3.63) is 0 Å². The van der Waals surface area contributed by atoms with E-state index in [9.17, 15) is 24.4 Å². The topological polar surface area (TPSA) is 141 Å².